The van der Waals surface area contributed by atoms with Gasteiger partial charge in [-0.3, -0.25) is 18.7 Å². The Labute approximate surface area is 266 Å². The second-order valence-electron chi connectivity index (χ2n) is 9.72. The van der Waals surface area contributed by atoms with Crippen LogP contribution in [-0.2, 0) is 0 Å². The van der Waals surface area contributed by atoms with Crippen LogP contribution in [-0.4, -0.2) is 38.6 Å². The molecule has 0 saturated heterocycles. The Hall–Kier alpha value is -2.71. The van der Waals surface area contributed by atoms with Gasteiger partial charge in [-0.2, -0.15) is 11.3 Å². The van der Waals surface area contributed by atoms with Gasteiger partial charge < -0.3 is 0 Å². The number of hydrogen-bond donors (Lipinski definition) is 1. The summed E-state index contributed by atoms with van der Waals surface area (Å²) in [5.74, 6) is 1.57. The molecule has 2 aromatic carbocycles. The van der Waals surface area contributed by atoms with E-state index in [4.69, 9.17) is 0 Å². The zero-order valence-electron chi connectivity index (χ0n) is 22.1. The third-order valence-electron chi connectivity index (χ3n) is 7.34. The molecule has 0 fully saturated rings. The molecule has 2 aliphatic heterocycles. The topological polar surface area (TPSA) is 82.1 Å². The molecular weight excluding hydrogens is 705 g/mol. The van der Waals surface area contributed by atoms with E-state index in [1.165, 1.54) is 33.6 Å². The molecule has 6 heterocycles. The fourth-order valence-electron chi connectivity index (χ4n) is 5.06. The summed E-state index contributed by atoms with van der Waals surface area (Å²) >= 11 is 13.3. The van der Waals surface area contributed by atoms with E-state index >= 15 is 0 Å². The number of thiol groups is 1. The normalized spacial score (nSPS) is 12.4. The van der Waals surface area contributed by atoms with Gasteiger partial charge in [0.25, 0.3) is 11.8 Å². The van der Waals surface area contributed by atoms with Crippen LogP contribution < -0.4 is 0 Å². The van der Waals surface area contributed by atoms with Crippen molar-refractivity contribution in [3.63, 3.8) is 0 Å². The quantitative estimate of drug-likeness (QED) is 0.126. The SMILES string of the molecule is Cc1cc2nc3n(c2cc1C)C(=O)c1c(Br)sc(Br)c1-3.Cc1cc2nc3n(c2cc1C)C(=O)c1cscc1-3.[B]=NS. The number of benzene rings is 2. The molecule has 2 aliphatic rings. The van der Waals surface area contributed by atoms with Crippen molar-refractivity contribution >= 4 is 109 Å². The molecule has 0 saturated carbocycles. The van der Waals surface area contributed by atoms with Gasteiger partial charge in [-0.25, -0.2) is 9.97 Å². The standard InChI is InChI=1S/C14H8Br2N2OS.C14H10N2OS.BHNS/c1-5-3-7-8(4-6(5)2)18-13(17-7)9-10(14(18)19)12(16)20-11(9)15;1-7-3-11-12(4-8(7)2)16-13(15-11)9-5-18-6-10(9)14(16)17;1-2-3/h3-4H,1-2H3;3-6H,1-2H3;3H. The number of halogens is 2. The van der Waals surface area contributed by atoms with Gasteiger partial charge >= 0.3 is 24.8 Å². The number of carbonyl (C=O) groups excluding carboxylic acids is 2. The van der Waals surface area contributed by atoms with Crippen molar-refractivity contribution < 1.29 is 9.59 Å². The minimum absolute atomic E-state index is 0.00502. The Morgan fingerprint density at radius 1 is 0.756 bits per heavy atom. The van der Waals surface area contributed by atoms with Gasteiger partial charge in [0.05, 0.1) is 46.3 Å². The van der Waals surface area contributed by atoms with Crippen LogP contribution in [0.25, 0.3) is 44.8 Å². The Kier molecular flexibility index (Phi) is 7.30. The Morgan fingerprint density at radius 2 is 1.22 bits per heavy atom. The van der Waals surface area contributed by atoms with Gasteiger partial charge in [-0.15, -0.1) is 11.3 Å². The Morgan fingerprint density at radius 3 is 1.80 bits per heavy atom. The molecule has 0 N–H and O–H groups in total. The van der Waals surface area contributed by atoms with Crippen LogP contribution in [0.15, 0.2) is 46.9 Å². The van der Waals surface area contributed by atoms with Crippen LogP contribution in [0.3, 0.4) is 0 Å². The van der Waals surface area contributed by atoms with Crippen molar-refractivity contribution in [2.24, 2.45) is 4.30 Å². The zero-order valence-corrected chi connectivity index (χ0v) is 27.8. The van der Waals surface area contributed by atoms with E-state index in [9.17, 15) is 9.59 Å². The van der Waals surface area contributed by atoms with Crippen LogP contribution in [0.2, 0.25) is 0 Å². The average molecular weight is 724 g/mol. The number of rotatable bonds is 0. The fraction of sp³-hybridized carbons (Fsp3) is 0.143. The van der Waals surface area contributed by atoms with E-state index < -0.39 is 0 Å². The average Bonchev–Trinajstić information content (AvgIpc) is 3.73. The van der Waals surface area contributed by atoms with E-state index in [0.29, 0.717) is 5.56 Å². The summed E-state index contributed by atoms with van der Waals surface area (Å²) in [6.45, 7) is 8.24. The summed E-state index contributed by atoms with van der Waals surface area (Å²) < 4.78 is 7.94. The minimum atomic E-state index is -0.00502. The number of carbonyl (C=O) groups is 2. The van der Waals surface area contributed by atoms with Gasteiger partial charge in [0.15, 0.2) is 5.82 Å². The van der Waals surface area contributed by atoms with Crippen LogP contribution in [0.5, 0.6) is 0 Å². The molecule has 203 valence electrons. The Balaban J connectivity index is 0.000000135. The summed E-state index contributed by atoms with van der Waals surface area (Å²) in [7, 11) is 4.34. The maximum absolute atomic E-state index is 12.7. The number of imidazole rings is 2. The van der Waals surface area contributed by atoms with Crippen molar-refractivity contribution in [3.8, 4) is 22.8 Å². The van der Waals surface area contributed by atoms with E-state index in [2.05, 4.69) is 100 Å². The van der Waals surface area contributed by atoms with Gasteiger partial charge in [0.1, 0.15) is 5.82 Å². The summed E-state index contributed by atoms with van der Waals surface area (Å²) in [5.41, 5.74) is 11.7. The number of aryl methyl sites for hydroxylation is 4. The molecule has 4 aromatic heterocycles. The Bertz CT molecular complexity index is 2110. The van der Waals surface area contributed by atoms with Crippen LogP contribution >= 0.6 is 67.3 Å². The van der Waals surface area contributed by atoms with Crippen molar-refractivity contribution in [3.05, 3.63) is 76.0 Å². The van der Waals surface area contributed by atoms with E-state index in [1.54, 1.807) is 20.5 Å². The monoisotopic (exact) mass is 722 g/mol. The molecule has 0 bridgehead atoms. The van der Waals surface area contributed by atoms with E-state index in [-0.39, 0.29) is 11.8 Å². The van der Waals surface area contributed by atoms with E-state index in [1.807, 2.05) is 29.0 Å². The predicted octanol–water partition coefficient (Wildman–Crippen LogP) is 8.48. The zero-order chi connectivity index (χ0) is 29.3. The number of fused-ring (bicyclic) bond motifs is 10. The van der Waals surface area contributed by atoms with Gasteiger partial charge in [-0.1, -0.05) is 0 Å². The maximum atomic E-state index is 12.7. The molecule has 41 heavy (non-hydrogen) atoms. The fourth-order valence-corrected chi connectivity index (χ4v) is 8.97. The second kappa shape index (κ2) is 10.5. The van der Waals surface area contributed by atoms with Crippen molar-refractivity contribution in [1.29, 1.82) is 0 Å². The van der Waals surface area contributed by atoms with E-state index in [0.717, 1.165) is 58.0 Å². The number of hydrogen-bond acceptors (Lipinski definition) is 8. The third-order valence-corrected chi connectivity index (χ3v) is 10.6. The number of nitrogens with zero attached hydrogens (tertiary/aromatic N) is 5. The molecule has 0 amide bonds. The molecule has 13 heteroatoms. The van der Waals surface area contributed by atoms with Crippen molar-refractivity contribution in [2.75, 3.05) is 0 Å². The molecule has 8 rings (SSSR count). The predicted molar refractivity (Wildman–Crippen MR) is 177 cm³/mol. The van der Waals surface area contributed by atoms with Gasteiger partial charge in [0, 0.05) is 16.3 Å². The first kappa shape index (κ1) is 28.4. The molecule has 0 atom stereocenters. The summed E-state index contributed by atoms with van der Waals surface area (Å²) in [6, 6.07) is 8.18. The molecule has 0 unspecified atom stereocenters. The van der Waals surface area contributed by atoms with Crippen LogP contribution in [0.4, 0.5) is 0 Å². The van der Waals surface area contributed by atoms with Gasteiger partial charge in [0.2, 0.25) is 0 Å². The summed E-state index contributed by atoms with van der Waals surface area (Å²) in [5, 5.41) is 3.90. The van der Waals surface area contributed by atoms with Crippen molar-refractivity contribution in [2.45, 2.75) is 27.7 Å². The molecule has 6 aromatic rings. The first-order valence-corrected chi connectivity index (χ1v) is 16.0. The van der Waals surface area contributed by atoms with Crippen LogP contribution in [0, 0.1) is 27.7 Å². The molecule has 0 aliphatic carbocycles. The first-order valence-electron chi connectivity index (χ1n) is 12.2. The summed E-state index contributed by atoms with van der Waals surface area (Å²) in [6.07, 6.45) is 0. The van der Waals surface area contributed by atoms with Gasteiger partial charge in [-0.05, 0) is 106 Å². The molecule has 7 nitrogen and oxygen atoms in total. The van der Waals surface area contributed by atoms with Crippen molar-refractivity contribution in [1.82, 2.24) is 19.1 Å². The third kappa shape index (κ3) is 4.35. The number of thiophene rings is 2. The van der Waals surface area contributed by atoms with Crippen LogP contribution in [0.1, 0.15) is 43.0 Å². The number of aromatic nitrogens is 4. The first-order chi connectivity index (χ1) is 19.6. The molecule has 0 spiro atoms. The molecule has 1 radical (unpaired) electrons. The summed E-state index contributed by atoms with van der Waals surface area (Å²) in [4.78, 5) is 34.3. The second-order valence-corrected chi connectivity index (χ2v) is 14.3. The molecular formula is C28H19BBr2N5O2S3.